The Hall–Kier alpha value is -2.54. The maximum Gasteiger partial charge on any atom is 0.191 e. The van der Waals surface area contributed by atoms with Crippen molar-refractivity contribution in [3.05, 3.63) is 46.8 Å². The Balaban J connectivity index is 1.56. The van der Waals surface area contributed by atoms with Gasteiger partial charge in [0.15, 0.2) is 5.96 Å². The molecule has 2 aromatic rings. The molecule has 0 spiro atoms. The number of nitrogens with one attached hydrogen (secondary N) is 2. The number of hydrogen-bond acceptors (Lipinski definition) is 4. The van der Waals surface area contributed by atoms with Gasteiger partial charge in [0.1, 0.15) is 11.9 Å². The van der Waals surface area contributed by atoms with Gasteiger partial charge in [-0.2, -0.15) is 5.10 Å². The SMILES string of the molecule is CCNC(=NCc1ccc(C)cc1OC1CCOC1)NCCCn1nc(C)cc1C. The summed E-state index contributed by atoms with van der Waals surface area (Å²) in [5.41, 5.74) is 4.54. The summed E-state index contributed by atoms with van der Waals surface area (Å²) in [6, 6.07) is 8.42. The van der Waals surface area contributed by atoms with Crippen LogP contribution in [0.5, 0.6) is 5.75 Å². The van der Waals surface area contributed by atoms with E-state index in [-0.39, 0.29) is 6.10 Å². The summed E-state index contributed by atoms with van der Waals surface area (Å²) < 4.78 is 13.7. The van der Waals surface area contributed by atoms with E-state index < -0.39 is 0 Å². The first kappa shape index (κ1) is 22.2. The highest BCUT2D eigenvalue weighted by Crippen LogP contribution is 2.24. The quantitative estimate of drug-likeness (QED) is 0.375. The van der Waals surface area contributed by atoms with E-state index in [1.807, 2.05) is 6.92 Å². The Morgan fingerprint density at radius 3 is 2.83 bits per heavy atom. The lowest BCUT2D eigenvalue weighted by Crippen LogP contribution is -2.38. The Labute approximate surface area is 179 Å². The predicted octanol–water partition coefficient (Wildman–Crippen LogP) is 3.12. The lowest BCUT2D eigenvalue weighted by molar-refractivity contribution is 0.140. The minimum Gasteiger partial charge on any atom is -0.488 e. The van der Waals surface area contributed by atoms with Crippen LogP contribution in [0.3, 0.4) is 0 Å². The van der Waals surface area contributed by atoms with Gasteiger partial charge in [0.05, 0.1) is 25.5 Å². The Bertz CT molecular complexity index is 840. The van der Waals surface area contributed by atoms with Crippen LogP contribution in [0, 0.1) is 20.8 Å². The van der Waals surface area contributed by atoms with Crippen molar-refractivity contribution in [2.45, 2.75) is 59.7 Å². The molecule has 2 heterocycles. The van der Waals surface area contributed by atoms with Crippen LogP contribution in [-0.2, 0) is 17.8 Å². The Kier molecular flexibility index (Phi) is 8.13. The first-order chi connectivity index (χ1) is 14.5. The van der Waals surface area contributed by atoms with Crippen LogP contribution < -0.4 is 15.4 Å². The minimum absolute atomic E-state index is 0.135. The summed E-state index contributed by atoms with van der Waals surface area (Å²) in [4.78, 5) is 4.78. The number of aliphatic imine (C=N–C) groups is 1. The second-order valence-electron chi connectivity index (χ2n) is 7.84. The summed E-state index contributed by atoms with van der Waals surface area (Å²) in [5, 5.41) is 11.3. The van der Waals surface area contributed by atoms with Crippen molar-refractivity contribution >= 4 is 5.96 Å². The fourth-order valence-corrected chi connectivity index (χ4v) is 3.53. The first-order valence-corrected chi connectivity index (χ1v) is 10.9. The molecule has 1 aliphatic heterocycles. The monoisotopic (exact) mass is 413 g/mol. The average Bonchev–Trinajstić information content (AvgIpc) is 3.33. The van der Waals surface area contributed by atoms with Crippen LogP contribution in [-0.4, -0.2) is 48.1 Å². The number of aromatic nitrogens is 2. The van der Waals surface area contributed by atoms with Crippen molar-refractivity contribution in [3.8, 4) is 5.75 Å². The zero-order valence-corrected chi connectivity index (χ0v) is 18.7. The number of nitrogens with zero attached hydrogens (tertiary/aromatic N) is 3. The van der Waals surface area contributed by atoms with E-state index in [9.17, 15) is 0 Å². The van der Waals surface area contributed by atoms with Crippen molar-refractivity contribution in [3.63, 3.8) is 0 Å². The van der Waals surface area contributed by atoms with Gasteiger partial charge in [0.25, 0.3) is 0 Å². The summed E-state index contributed by atoms with van der Waals surface area (Å²) in [6.07, 6.45) is 2.05. The molecule has 7 nitrogen and oxygen atoms in total. The van der Waals surface area contributed by atoms with Gasteiger partial charge in [0, 0.05) is 37.3 Å². The second kappa shape index (κ2) is 11.0. The summed E-state index contributed by atoms with van der Waals surface area (Å²) >= 11 is 0. The molecule has 1 fully saturated rings. The fourth-order valence-electron chi connectivity index (χ4n) is 3.53. The minimum atomic E-state index is 0.135. The molecular weight excluding hydrogens is 378 g/mol. The highest BCUT2D eigenvalue weighted by molar-refractivity contribution is 5.79. The third kappa shape index (κ3) is 6.49. The number of rotatable bonds is 9. The van der Waals surface area contributed by atoms with Crippen LogP contribution >= 0.6 is 0 Å². The second-order valence-corrected chi connectivity index (χ2v) is 7.84. The molecule has 1 aromatic carbocycles. The molecule has 7 heteroatoms. The van der Waals surface area contributed by atoms with Gasteiger partial charge in [0.2, 0.25) is 0 Å². The molecule has 1 unspecified atom stereocenters. The topological polar surface area (TPSA) is 72.7 Å². The molecule has 0 amide bonds. The fraction of sp³-hybridized carbons (Fsp3) is 0.565. The van der Waals surface area contributed by atoms with Gasteiger partial charge in [-0.3, -0.25) is 4.68 Å². The van der Waals surface area contributed by atoms with Crippen molar-refractivity contribution in [1.29, 1.82) is 0 Å². The number of aryl methyl sites for hydroxylation is 4. The van der Waals surface area contributed by atoms with Crippen molar-refractivity contribution < 1.29 is 9.47 Å². The number of benzene rings is 1. The van der Waals surface area contributed by atoms with Crippen LogP contribution in [0.15, 0.2) is 29.3 Å². The van der Waals surface area contributed by atoms with Crippen LogP contribution in [0.4, 0.5) is 0 Å². The molecule has 0 aliphatic carbocycles. The van der Waals surface area contributed by atoms with Crippen LogP contribution in [0.25, 0.3) is 0 Å². The lowest BCUT2D eigenvalue weighted by atomic mass is 10.1. The standard InChI is InChI=1S/C23H35N5O2/c1-5-24-23(25-10-6-11-28-19(4)14-18(3)27-28)26-15-20-8-7-17(2)13-22(20)30-21-9-12-29-16-21/h7-8,13-14,21H,5-6,9-12,15-16H2,1-4H3,(H2,24,25,26). The third-order valence-electron chi connectivity index (χ3n) is 5.10. The smallest absolute Gasteiger partial charge is 0.191 e. The van der Waals surface area contributed by atoms with Crippen LogP contribution in [0.2, 0.25) is 0 Å². The van der Waals surface area contributed by atoms with Gasteiger partial charge >= 0.3 is 0 Å². The van der Waals surface area contributed by atoms with E-state index in [1.165, 1.54) is 11.3 Å². The van der Waals surface area contributed by atoms with E-state index >= 15 is 0 Å². The molecule has 1 atom stereocenters. The maximum atomic E-state index is 6.20. The molecular formula is C23H35N5O2. The molecule has 1 aromatic heterocycles. The van der Waals surface area contributed by atoms with Crippen molar-refractivity contribution in [1.82, 2.24) is 20.4 Å². The van der Waals surface area contributed by atoms with Crippen molar-refractivity contribution in [2.24, 2.45) is 4.99 Å². The first-order valence-electron chi connectivity index (χ1n) is 10.9. The van der Waals surface area contributed by atoms with Gasteiger partial charge in [-0.1, -0.05) is 12.1 Å². The van der Waals surface area contributed by atoms with E-state index in [2.05, 4.69) is 65.5 Å². The number of ether oxygens (including phenoxy) is 2. The predicted molar refractivity (Wildman–Crippen MR) is 120 cm³/mol. The van der Waals surface area contributed by atoms with Crippen LogP contribution in [0.1, 0.15) is 42.3 Å². The number of hydrogen-bond donors (Lipinski definition) is 2. The van der Waals surface area contributed by atoms with Gasteiger partial charge < -0.3 is 20.1 Å². The molecule has 0 radical (unpaired) electrons. The molecule has 2 N–H and O–H groups in total. The third-order valence-corrected chi connectivity index (χ3v) is 5.10. The van der Waals surface area contributed by atoms with Gasteiger partial charge in [-0.05, 0) is 51.8 Å². The summed E-state index contributed by atoms with van der Waals surface area (Å²) in [5.74, 6) is 1.73. The van der Waals surface area contributed by atoms with Crippen molar-refractivity contribution in [2.75, 3.05) is 26.3 Å². The molecule has 1 aliphatic rings. The maximum absolute atomic E-state index is 6.20. The highest BCUT2D eigenvalue weighted by Gasteiger charge is 2.18. The van der Waals surface area contributed by atoms with E-state index in [0.717, 1.165) is 62.0 Å². The lowest BCUT2D eigenvalue weighted by Gasteiger charge is -2.16. The van der Waals surface area contributed by atoms with E-state index in [0.29, 0.717) is 13.2 Å². The average molecular weight is 414 g/mol. The molecule has 0 bridgehead atoms. The van der Waals surface area contributed by atoms with E-state index in [1.54, 1.807) is 0 Å². The normalized spacial score (nSPS) is 16.7. The van der Waals surface area contributed by atoms with Gasteiger partial charge in [-0.15, -0.1) is 0 Å². The molecule has 1 saturated heterocycles. The Morgan fingerprint density at radius 1 is 1.27 bits per heavy atom. The summed E-state index contributed by atoms with van der Waals surface area (Å²) in [6.45, 7) is 12.8. The number of guanidine groups is 1. The zero-order chi connectivity index (χ0) is 21.3. The molecule has 3 rings (SSSR count). The largest absolute Gasteiger partial charge is 0.488 e. The summed E-state index contributed by atoms with van der Waals surface area (Å²) in [7, 11) is 0. The highest BCUT2D eigenvalue weighted by atomic mass is 16.5. The Morgan fingerprint density at radius 2 is 2.13 bits per heavy atom. The molecule has 30 heavy (non-hydrogen) atoms. The molecule has 164 valence electrons. The van der Waals surface area contributed by atoms with E-state index in [4.69, 9.17) is 14.5 Å². The zero-order valence-electron chi connectivity index (χ0n) is 18.7. The molecule has 0 saturated carbocycles. The van der Waals surface area contributed by atoms with Gasteiger partial charge in [-0.25, -0.2) is 4.99 Å².